The molecule has 0 aromatic heterocycles. The molecule has 2 heteroatoms. The largest absolute Gasteiger partial charge is 0.362 e. The minimum atomic E-state index is 0.00563. The van der Waals surface area contributed by atoms with E-state index in [0.717, 1.165) is 12.1 Å². The van der Waals surface area contributed by atoms with Gasteiger partial charge in [-0.15, -0.1) is 0 Å². The minimum absolute atomic E-state index is 0.00563. The number of aryl methyl sites for hydroxylation is 1. The van der Waals surface area contributed by atoms with Crippen LogP contribution in [-0.2, 0) is 6.42 Å². The summed E-state index contributed by atoms with van der Waals surface area (Å²) in [7, 11) is 0. The number of ketones is 1. The highest BCUT2D eigenvalue weighted by molar-refractivity contribution is 6.04. The second-order valence-corrected chi connectivity index (χ2v) is 4.26. The van der Waals surface area contributed by atoms with E-state index in [0.29, 0.717) is 5.56 Å². The average Bonchev–Trinajstić information content (AvgIpc) is 2.48. The van der Waals surface area contributed by atoms with E-state index >= 15 is 0 Å². The lowest BCUT2D eigenvalue weighted by atomic mass is 10.1. The van der Waals surface area contributed by atoms with Gasteiger partial charge < -0.3 is 5.32 Å². The van der Waals surface area contributed by atoms with Gasteiger partial charge in [-0.3, -0.25) is 4.79 Å². The summed E-state index contributed by atoms with van der Waals surface area (Å²) in [6, 6.07) is 17.5. The van der Waals surface area contributed by atoms with E-state index in [1.54, 1.807) is 12.3 Å². The maximum absolute atomic E-state index is 11.9. The van der Waals surface area contributed by atoms with Gasteiger partial charge in [0.2, 0.25) is 0 Å². The molecule has 2 aromatic rings. The van der Waals surface area contributed by atoms with Crippen molar-refractivity contribution in [3.05, 3.63) is 78.0 Å². The molecule has 0 aliphatic heterocycles. The number of anilines is 1. The quantitative estimate of drug-likeness (QED) is 0.641. The Morgan fingerprint density at radius 1 is 1.05 bits per heavy atom. The Morgan fingerprint density at radius 3 is 2.37 bits per heavy atom. The van der Waals surface area contributed by atoms with Gasteiger partial charge in [0.25, 0.3) is 0 Å². The van der Waals surface area contributed by atoms with Crippen LogP contribution in [0.2, 0.25) is 0 Å². The molecule has 0 fully saturated rings. The third-order valence-corrected chi connectivity index (χ3v) is 2.91. The summed E-state index contributed by atoms with van der Waals surface area (Å²) >= 11 is 0. The molecule has 0 heterocycles. The lowest BCUT2D eigenvalue weighted by Crippen LogP contribution is -1.96. The molecule has 0 aliphatic carbocycles. The zero-order valence-electron chi connectivity index (χ0n) is 11.0. The highest BCUT2D eigenvalue weighted by atomic mass is 16.1. The van der Waals surface area contributed by atoms with Crippen LogP contribution in [-0.4, -0.2) is 5.78 Å². The topological polar surface area (TPSA) is 29.1 Å². The summed E-state index contributed by atoms with van der Waals surface area (Å²) in [4.78, 5) is 11.9. The molecule has 2 nitrogen and oxygen atoms in total. The van der Waals surface area contributed by atoms with Crippen molar-refractivity contribution >= 4 is 11.5 Å². The smallest absolute Gasteiger partial charge is 0.187 e. The van der Waals surface area contributed by atoms with Crippen molar-refractivity contribution in [3.63, 3.8) is 0 Å². The molecule has 2 rings (SSSR count). The summed E-state index contributed by atoms with van der Waals surface area (Å²) in [6.45, 7) is 2.10. The first kappa shape index (κ1) is 13.1. The first-order valence-electron chi connectivity index (χ1n) is 6.41. The molecule has 0 saturated carbocycles. The molecule has 0 unspecified atom stereocenters. The van der Waals surface area contributed by atoms with Crippen molar-refractivity contribution < 1.29 is 4.79 Å². The fourth-order valence-corrected chi connectivity index (χ4v) is 1.75. The molecule has 0 bridgehead atoms. The fourth-order valence-electron chi connectivity index (χ4n) is 1.75. The Bertz CT molecular complexity index is 556. The highest BCUT2D eigenvalue weighted by Gasteiger charge is 2.00. The maximum Gasteiger partial charge on any atom is 0.187 e. The SMILES string of the molecule is CCc1ccc(C(=O)/C=C/Nc2ccccc2)cc1. The van der Waals surface area contributed by atoms with Gasteiger partial charge >= 0.3 is 0 Å². The van der Waals surface area contributed by atoms with Crippen LogP contribution in [0.1, 0.15) is 22.8 Å². The van der Waals surface area contributed by atoms with Gasteiger partial charge in [-0.1, -0.05) is 49.4 Å². The molecular weight excluding hydrogens is 234 g/mol. The molecule has 0 saturated heterocycles. The first-order chi connectivity index (χ1) is 9.29. The molecule has 1 N–H and O–H groups in total. The number of allylic oxidation sites excluding steroid dienone is 1. The standard InChI is InChI=1S/C17H17NO/c1-2-14-8-10-15(11-9-14)17(19)12-13-18-16-6-4-3-5-7-16/h3-13,18H,2H2,1H3/b13-12+. The van der Waals surface area contributed by atoms with Gasteiger partial charge in [0.15, 0.2) is 5.78 Å². The van der Waals surface area contributed by atoms with Gasteiger partial charge in [-0.2, -0.15) is 0 Å². The lowest BCUT2D eigenvalue weighted by Gasteiger charge is -2.00. The number of nitrogens with one attached hydrogen (secondary N) is 1. The zero-order chi connectivity index (χ0) is 13.5. The van der Waals surface area contributed by atoms with Crippen LogP contribution in [0.25, 0.3) is 0 Å². The number of carbonyl (C=O) groups is 1. The second kappa shape index (κ2) is 6.55. The Hall–Kier alpha value is -2.35. The summed E-state index contributed by atoms with van der Waals surface area (Å²) in [5.41, 5.74) is 2.92. The van der Waals surface area contributed by atoms with Crippen LogP contribution >= 0.6 is 0 Å². The molecule has 19 heavy (non-hydrogen) atoms. The first-order valence-corrected chi connectivity index (χ1v) is 6.41. The van der Waals surface area contributed by atoms with Crippen LogP contribution in [0.5, 0.6) is 0 Å². The normalized spacial score (nSPS) is 10.6. The minimum Gasteiger partial charge on any atom is -0.362 e. The molecule has 0 aliphatic rings. The molecular formula is C17H17NO. The van der Waals surface area contributed by atoms with Gasteiger partial charge in [0.1, 0.15) is 0 Å². The van der Waals surface area contributed by atoms with Crippen LogP contribution < -0.4 is 5.32 Å². The Balaban J connectivity index is 1.96. The van der Waals surface area contributed by atoms with Crippen molar-refractivity contribution in [2.75, 3.05) is 5.32 Å². The molecule has 0 amide bonds. The molecule has 2 aromatic carbocycles. The average molecular weight is 251 g/mol. The number of carbonyl (C=O) groups excluding carboxylic acids is 1. The molecule has 0 spiro atoms. The van der Waals surface area contributed by atoms with Crippen molar-refractivity contribution in [3.8, 4) is 0 Å². The van der Waals surface area contributed by atoms with E-state index < -0.39 is 0 Å². The predicted molar refractivity (Wildman–Crippen MR) is 79.4 cm³/mol. The number of para-hydroxylation sites is 1. The number of hydrogen-bond acceptors (Lipinski definition) is 2. The van der Waals surface area contributed by atoms with Crippen molar-refractivity contribution in [1.82, 2.24) is 0 Å². The van der Waals surface area contributed by atoms with Gasteiger partial charge in [0.05, 0.1) is 0 Å². The van der Waals surface area contributed by atoms with Gasteiger partial charge in [0, 0.05) is 23.5 Å². The fraction of sp³-hybridized carbons (Fsp3) is 0.118. The van der Waals surface area contributed by atoms with E-state index in [4.69, 9.17) is 0 Å². The van der Waals surface area contributed by atoms with Crippen molar-refractivity contribution in [1.29, 1.82) is 0 Å². The number of rotatable bonds is 5. The Labute approximate surface area is 113 Å². The van der Waals surface area contributed by atoms with Crippen LogP contribution in [0.3, 0.4) is 0 Å². The monoisotopic (exact) mass is 251 g/mol. The van der Waals surface area contributed by atoms with E-state index in [1.807, 2.05) is 54.6 Å². The molecule has 0 atom stereocenters. The van der Waals surface area contributed by atoms with Crippen molar-refractivity contribution in [2.24, 2.45) is 0 Å². The summed E-state index contributed by atoms with van der Waals surface area (Å²) in [5, 5.41) is 3.07. The lowest BCUT2D eigenvalue weighted by molar-refractivity contribution is 0.104. The van der Waals surface area contributed by atoms with Gasteiger partial charge in [-0.05, 0) is 24.1 Å². The second-order valence-electron chi connectivity index (χ2n) is 4.26. The Kier molecular flexibility index (Phi) is 4.51. The summed E-state index contributed by atoms with van der Waals surface area (Å²) < 4.78 is 0. The van der Waals surface area contributed by atoms with Crippen LogP contribution in [0.15, 0.2) is 66.9 Å². The predicted octanol–water partition coefficient (Wildman–Crippen LogP) is 4.06. The number of hydrogen-bond donors (Lipinski definition) is 1. The van der Waals surface area contributed by atoms with Crippen molar-refractivity contribution in [2.45, 2.75) is 13.3 Å². The number of benzene rings is 2. The van der Waals surface area contributed by atoms with Crippen LogP contribution in [0, 0.1) is 0 Å². The van der Waals surface area contributed by atoms with E-state index in [9.17, 15) is 4.79 Å². The van der Waals surface area contributed by atoms with Gasteiger partial charge in [-0.25, -0.2) is 0 Å². The third-order valence-electron chi connectivity index (χ3n) is 2.91. The van der Waals surface area contributed by atoms with E-state index in [2.05, 4.69) is 12.2 Å². The van der Waals surface area contributed by atoms with E-state index in [1.165, 1.54) is 5.56 Å². The summed E-state index contributed by atoms with van der Waals surface area (Å²) in [5.74, 6) is 0.00563. The molecule has 96 valence electrons. The summed E-state index contributed by atoms with van der Waals surface area (Å²) in [6.07, 6.45) is 4.21. The molecule has 0 radical (unpaired) electrons. The maximum atomic E-state index is 11.9. The van der Waals surface area contributed by atoms with Crippen LogP contribution in [0.4, 0.5) is 5.69 Å². The van der Waals surface area contributed by atoms with E-state index in [-0.39, 0.29) is 5.78 Å². The zero-order valence-corrected chi connectivity index (χ0v) is 11.0. The highest BCUT2D eigenvalue weighted by Crippen LogP contribution is 2.07. The third kappa shape index (κ3) is 3.81. The Morgan fingerprint density at radius 2 is 1.74 bits per heavy atom.